The summed E-state index contributed by atoms with van der Waals surface area (Å²) >= 11 is 0. The quantitative estimate of drug-likeness (QED) is 0.737. The van der Waals surface area contributed by atoms with Crippen LogP contribution >= 0.6 is 0 Å². The number of hydrogen-bond acceptors (Lipinski definition) is 5. The molecule has 3 rings (SSSR count). The van der Waals surface area contributed by atoms with E-state index in [-0.39, 0.29) is 30.2 Å². The summed E-state index contributed by atoms with van der Waals surface area (Å²) in [6.07, 6.45) is 0.245. The predicted molar refractivity (Wildman–Crippen MR) is 94.4 cm³/mol. The normalized spacial score (nSPS) is 21.8. The molecule has 0 aromatic heterocycles. The van der Waals surface area contributed by atoms with Crippen LogP contribution in [0.2, 0.25) is 0 Å². The molecule has 134 valence electrons. The largest absolute Gasteiger partial charge is 0.378 e. The van der Waals surface area contributed by atoms with Crippen LogP contribution in [0.15, 0.2) is 24.3 Å². The lowest BCUT2D eigenvalue weighted by molar-refractivity contribution is -0.138. The van der Waals surface area contributed by atoms with E-state index in [2.05, 4.69) is 0 Å². The summed E-state index contributed by atoms with van der Waals surface area (Å²) in [7, 11) is 5.45. The number of likely N-dealkylation sites (tertiary alicyclic amines) is 1. The minimum atomic E-state index is -0.367. The van der Waals surface area contributed by atoms with E-state index in [9.17, 15) is 14.4 Å². The maximum atomic E-state index is 12.6. The van der Waals surface area contributed by atoms with Gasteiger partial charge in [-0.1, -0.05) is 0 Å². The van der Waals surface area contributed by atoms with Crippen LogP contribution in [0.5, 0.6) is 0 Å². The van der Waals surface area contributed by atoms with Crippen molar-refractivity contribution in [3.05, 3.63) is 29.8 Å². The third kappa shape index (κ3) is 3.37. The molecule has 1 aromatic carbocycles. The third-order valence-electron chi connectivity index (χ3n) is 5.03. The summed E-state index contributed by atoms with van der Waals surface area (Å²) in [5.74, 6) is -0.255. The highest BCUT2D eigenvalue weighted by atomic mass is 16.2. The van der Waals surface area contributed by atoms with Crippen LogP contribution in [0.25, 0.3) is 0 Å². The van der Waals surface area contributed by atoms with Crippen molar-refractivity contribution in [3.8, 4) is 0 Å². The average Bonchev–Trinajstić information content (AvgIpc) is 2.89. The lowest BCUT2D eigenvalue weighted by Gasteiger charge is -2.37. The standard InChI is InChI=1S/C18H24N4O3/c1-19(2)14-6-4-13(5-7-14)17(24)22-10-8-21(9-11-22)15-12-16(23)20(3)18(15)25/h4-7,15H,8-12H2,1-3H3. The third-order valence-corrected chi connectivity index (χ3v) is 5.03. The van der Waals surface area contributed by atoms with E-state index in [1.807, 2.05) is 53.1 Å². The number of amides is 3. The number of rotatable bonds is 3. The Labute approximate surface area is 147 Å². The number of carbonyl (C=O) groups is 3. The van der Waals surface area contributed by atoms with E-state index in [0.717, 1.165) is 5.69 Å². The molecule has 1 atom stereocenters. The molecule has 2 aliphatic heterocycles. The van der Waals surface area contributed by atoms with E-state index in [0.29, 0.717) is 31.7 Å². The summed E-state index contributed by atoms with van der Waals surface area (Å²) in [6.45, 7) is 2.35. The first kappa shape index (κ1) is 17.4. The van der Waals surface area contributed by atoms with E-state index in [1.54, 1.807) is 0 Å². The minimum absolute atomic E-state index is 0.0101. The second-order valence-corrected chi connectivity index (χ2v) is 6.78. The van der Waals surface area contributed by atoms with Gasteiger partial charge in [-0.2, -0.15) is 0 Å². The van der Waals surface area contributed by atoms with Crippen molar-refractivity contribution in [2.45, 2.75) is 12.5 Å². The molecule has 2 saturated heterocycles. The van der Waals surface area contributed by atoms with Crippen LogP contribution in [0.1, 0.15) is 16.8 Å². The van der Waals surface area contributed by atoms with Gasteiger partial charge in [0.25, 0.3) is 5.91 Å². The van der Waals surface area contributed by atoms with Crippen molar-refractivity contribution in [2.24, 2.45) is 0 Å². The summed E-state index contributed by atoms with van der Waals surface area (Å²) in [6, 6.07) is 7.19. The second kappa shape index (κ2) is 6.84. The molecule has 2 heterocycles. The summed E-state index contributed by atoms with van der Waals surface area (Å²) in [4.78, 5) is 43.5. The van der Waals surface area contributed by atoms with Crippen LogP contribution in [0.4, 0.5) is 5.69 Å². The highest BCUT2D eigenvalue weighted by Crippen LogP contribution is 2.20. The molecule has 2 fully saturated rings. The number of carbonyl (C=O) groups excluding carboxylic acids is 3. The highest BCUT2D eigenvalue weighted by molar-refractivity contribution is 6.05. The molecule has 7 heteroatoms. The molecule has 3 amide bonds. The monoisotopic (exact) mass is 344 g/mol. The molecule has 7 nitrogen and oxygen atoms in total. The first-order valence-electron chi connectivity index (χ1n) is 8.49. The fourth-order valence-electron chi connectivity index (χ4n) is 3.34. The smallest absolute Gasteiger partial charge is 0.253 e. The van der Waals surface area contributed by atoms with Crippen molar-refractivity contribution in [3.63, 3.8) is 0 Å². The van der Waals surface area contributed by atoms with Gasteiger partial charge in [-0.15, -0.1) is 0 Å². The number of anilines is 1. The van der Waals surface area contributed by atoms with Crippen molar-refractivity contribution in [1.29, 1.82) is 0 Å². The number of hydrogen-bond donors (Lipinski definition) is 0. The van der Waals surface area contributed by atoms with Crippen molar-refractivity contribution in [1.82, 2.24) is 14.7 Å². The van der Waals surface area contributed by atoms with Gasteiger partial charge in [0.2, 0.25) is 11.8 Å². The van der Waals surface area contributed by atoms with Gasteiger partial charge >= 0.3 is 0 Å². The molecule has 0 bridgehead atoms. The number of likely N-dealkylation sites (N-methyl/N-ethyl adjacent to an activating group) is 1. The van der Waals surface area contributed by atoms with Crippen molar-refractivity contribution in [2.75, 3.05) is 52.2 Å². The number of nitrogens with zero attached hydrogens (tertiary/aromatic N) is 4. The van der Waals surface area contributed by atoms with Gasteiger partial charge in [-0.05, 0) is 24.3 Å². The van der Waals surface area contributed by atoms with Gasteiger partial charge in [0.1, 0.15) is 0 Å². The van der Waals surface area contributed by atoms with Gasteiger partial charge < -0.3 is 9.80 Å². The van der Waals surface area contributed by atoms with Crippen LogP contribution in [0, 0.1) is 0 Å². The molecular weight excluding hydrogens is 320 g/mol. The van der Waals surface area contributed by atoms with Gasteiger partial charge in [0.15, 0.2) is 0 Å². The molecule has 25 heavy (non-hydrogen) atoms. The fraction of sp³-hybridized carbons (Fsp3) is 0.500. The molecule has 2 aliphatic rings. The SMILES string of the molecule is CN1C(=O)CC(N2CCN(C(=O)c3ccc(N(C)C)cc3)CC2)C1=O. The molecule has 0 spiro atoms. The van der Waals surface area contributed by atoms with Crippen molar-refractivity contribution < 1.29 is 14.4 Å². The number of piperazine rings is 1. The molecule has 1 aromatic rings. The zero-order valence-corrected chi connectivity index (χ0v) is 14.9. The minimum Gasteiger partial charge on any atom is -0.378 e. The Morgan fingerprint density at radius 2 is 1.64 bits per heavy atom. The Morgan fingerprint density at radius 3 is 2.12 bits per heavy atom. The number of benzene rings is 1. The van der Waals surface area contributed by atoms with E-state index in [4.69, 9.17) is 0 Å². The lowest BCUT2D eigenvalue weighted by atomic mass is 10.1. The van der Waals surface area contributed by atoms with Crippen LogP contribution in [-0.4, -0.2) is 85.8 Å². The maximum Gasteiger partial charge on any atom is 0.253 e. The highest BCUT2D eigenvalue weighted by Gasteiger charge is 2.40. The van der Waals surface area contributed by atoms with Crippen LogP contribution in [-0.2, 0) is 9.59 Å². The first-order chi connectivity index (χ1) is 11.9. The van der Waals surface area contributed by atoms with Gasteiger partial charge in [0, 0.05) is 58.6 Å². The Morgan fingerprint density at radius 1 is 1.04 bits per heavy atom. The summed E-state index contributed by atoms with van der Waals surface area (Å²) in [5, 5.41) is 0. The van der Waals surface area contributed by atoms with Crippen LogP contribution in [0.3, 0.4) is 0 Å². The Bertz CT molecular complexity index is 678. The zero-order chi connectivity index (χ0) is 18.1. The van der Waals surface area contributed by atoms with Gasteiger partial charge in [0.05, 0.1) is 12.5 Å². The first-order valence-corrected chi connectivity index (χ1v) is 8.49. The van der Waals surface area contributed by atoms with E-state index >= 15 is 0 Å². The summed E-state index contributed by atoms with van der Waals surface area (Å²) < 4.78 is 0. The van der Waals surface area contributed by atoms with E-state index < -0.39 is 0 Å². The predicted octanol–water partition coefficient (Wildman–Crippen LogP) is 0.268. The maximum absolute atomic E-state index is 12.6. The molecule has 0 radical (unpaired) electrons. The molecule has 0 N–H and O–H groups in total. The van der Waals surface area contributed by atoms with Crippen molar-refractivity contribution >= 4 is 23.4 Å². The average molecular weight is 344 g/mol. The Hall–Kier alpha value is -2.41. The zero-order valence-electron chi connectivity index (χ0n) is 14.9. The van der Waals surface area contributed by atoms with E-state index in [1.165, 1.54) is 11.9 Å². The van der Waals surface area contributed by atoms with Gasteiger partial charge in [-0.25, -0.2) is 0 Å². The second-order valence-electron chi connectivity index (χ2n) is 6.78. The van der Waals surface area contributed by atoms with Gasteiger partial charge in [-0.3, -0.25) is 24.2 Å². The topological polar surface area (TPSA) is 64.2 Å². The Kier molecular flexibility index (Phi) is 4.76. The molecular formula is C18H24N4O3. The van der Waals surface area contributed by atoms with Crippen LogP contribution < -0.4 is 4.90 Å². The fourth-order valence-corrected chi connectivity index (χ4v) is 3.34. The molecule has 0 saturated carbocycles. The Balaban J connectivity index is 1.59. The lowest BCUT2D eigenvalue weighted by Crippen LogP contribution is -2.53. The molecule has 1 unspecified atom stereocenters. The number of imide groups is 1. The molecule has 0 aliphatic carbocycles. The summed E-state index contributed by atoms with van der Waals surface area (Å²) in [5.41, 5.74) is 1.72.